The van der Waals surface area contributed by atoms with E-state index in [-0.39, 0.29) is 23.6 Å². The maximum atomic E-state index is 13.2. The van der Waals surface area contributed by atoms with Gasteiger partial charge in [-0.15, -0.1) is 10.2 Å². The molecule has 1 atom stereocenters. The molecule has 0 aliphatic carbocycles. The molecule has 1 aromatic carbocycles. The van der Waals surface area contributed by atoms with Crippen LogP contribution in [0.4, 0.5) is 14.9 Å². The minimum absolute atomic E-state index is 0.00162. The van der Waals surface area contributed by atoms with E-state index in [4.69, 9.17) is 16.0 Å². The van der Waals surface area contributed by atoms with Crippen LogP contribution in [0.25, 0.3) is 0 Å². The van der Waals surface area contributed by atoms with Gasteiger partial charge in [0.2, 0.25) is 11.8 Å². The molecular formula is C15H17ClFN5O2. The summed E-state index contributed by atoms with van der Waals surface area (Å²) < 4.78 is 18.4. The van der Waals surface area contributed by atoms with Crippen molar-refractivity contribution in [2.24, 2.45) is 0 Å². The number of rotatable bonds is 4. The van der Waals surface area contributed by atoms with Gasteiger partial charge in [0, 0.05) is 31.7 Å². The van der Waals surface area contributed by atoms with E-state index in [1.54, 1.807) is 19.1 Å². The van der Waals surface area contributed by atoms with Crippen LogP contribution in [0.15, 0.2) is 22.6 Å². The number of anilines is 1. The van der Waals surface area contributed by atoms with Crippen molar-refractivity contribution in [1.82, 2.24) is 20.8 Å². The van der Waals surface area contributed by atoms with E-state index in [0.717, 1.165) is 18.7 Å². The van der Waals surface area contributed by atoms with Crippen molar-refractivity contribution in [1.29, 1.82) is 0 Å². The third-order valence-electron chi connectivity index (χ3n) is 3.76. The van der Waals surface area contributed by atoms with Gasteiger partial charge in [0.15, 0.2) is 0 Å². The molecule has 1 aliphatic rings. The molecule has 0 spiro atoms. The van der Waals surface area contributed by atoms with Crippen molar-refractivity contribution >= 4 is 23.3 Å². The number of carbonyl (C=O) groups excluding carboxylic acids is 1. The molecule has 1 aromatic heterocycles. The standard InChI is InChI=1S/C15H17ClFN5O2/c1-9-20-21-14(24-9)7-18-15(23)19-10-4-5-22(8-10)11-2-3-13(17)12(16)6-11/h2-3,6,10H,4-5,7-8H2,1H3,(H2,18,19,23). The lowest BCUT2D eigenvalue weighted by Crippen LogP contribution is -2.43. The quantitative estimate of drug-likeness (QED) is 0.880. The molecule has 0 saturated carbocycles. The van der Waals surface area contributed by atoms with E-state index in [9.17, 15) is 9.18 Å². The van der Waals surface area contributed by atoms with Crippen molar-refractivity contribution in [2.45, 2.75) is 25.9 Å². The second-order valence-electron chi connectivity index (χ2n) is 5.57. The number of urea groups is 1. The fourth-order valence-electron chi connectivity index (χ4n) is 2.60. The third kappa shape index (κ3) is 3.94. The summed E-state index contributed by atoms with van der Waals surface area (Å²) in [5.41, 5.74) is 0.840. The number of nitrogens with zero attached hydrogens (tertiary/aromatic N) is 3. The normalized spacial score (nSPS) is 17.1. The van der Waals surface area contributed by atoms with Gasteiger partial charge in [-0.2, -0.15) is 0 Å². The summed E-state index contributed by atoms with van der Waals surface area (Å²) in [7, 11) is 0. The maximum Gasteiger partial charge on any atom is 0.315 e. The van der Waals surface area contributed by atoms with Gasteiger partial charge in [-0.25, -0.2) is 9.18 Å². The minimum Gasteiger partial charge on any atom is -0.424 e. The largest absolute Gasteiger partial charge is 0.424 e. The Balaban J connectivity index is 1.48. The predicted molar refractivity (Wildman–Crippen MR) is 86.4 cm³/mol. The molecule has 2 heterocycles. The highest BCUT2D eigenvalue weighted by Crippen LogP contribution is 2.25. The average molecular weight is 354 g/mol. The Morgan fingerprint density at radius 1 is 1.50 bits per heavy atom. The Morgan fingerprint density at radius 2 is 2.33 bits per heavy atom. The van der Waals surface area contributed by atoms with Crippen LogP contribution in [0.3, 0.4) is 0 Å². The first-order valence-electron chi connectivity index (χ1n) is 7.54. The molecule has 9 heteroatoms. The molecule has 1 unspecified atom stereocenters. The second-order valence-corrected chi connectivity index (χ2v) is 5.98. The minimum atomic E-state index is -0.440. The summed E-state index contributed by atoms with van der Waals surface area (Å²) in [5, 5.41) is 13.2. The highest BCUT2D eigenvalue weighted by molar-refractivity contribution is 6.31. The summed E-state index contributed by atoms with van der Waals surface area (Å²) >= 11 is 5.81. The summed E-state index contributed by atoms with van der Waals surface area (Å²) in [6.45, 7) is 3.26. The van der Waals surface area contributed by atoms with Crippen molar-refractivity contribution in [3.8, 4) is 0 Å². The molecule has 2 amide bonds. The zero-order valence-corrected chi connectivity index (χ0v) is 13.8. The third-order valence-corrected chi connectivity index (χ3v) is 4.05. The Kier molecular flexibility index (Phi) is 4.84. The molecule has 128 valence electrons. The molecule has 3 rings (SSSR count). The number of halogens is 2. The number of nitrogens with one attached hydrogen (secondary N) is 2. The number of hydrogen-bond donors (Lipinski definition) is 2. The monoisotopic (exact) mass is 353 g/mol. The molecule has 1 fully saturated rings. The summed E-state index contributed by atoms with van der Waals surface area (Å²) in [6.07, 6.45) is 0.794. The summed E-state index contributed by atoms with van der Waals surface area (Å²) in [5.74, 6) is 0.373. The topological polar surface area (TPSA) is 83.3 Å². The number of aryl methyl sites for hydroxylation is 1. The van der Waals surface area contributed by atoms with E-state index in [0.29, 0.717) is 18.3 Å². The molecule has 24 heavy (non-hydrogen) atoms. The highest BCUT2D eigenvalue weighted by atomic mass is 35.5. The highest BCUT2D eigenvalue weighted by Gasteiger charge is 2.24. The molecule has 7 nitrogen and oxygen atoms in total. The van der Waals surface area contributed by atoms with Gasteiger partial charge in [0.05, 0.1) is 11.6 Å². The number of carbonyl (C=O) groups is 1. The van der Waals surface area contributed by atoms with Gasteiger partial charge in [-0.3, -0.25) is 0 Å². The Morgan fingerprint density at radius 3 is 3.04 bits per heavy atom. The first-order valence-corrected chi connectivity index (χ1v) is 7.92. The van der Waals surface area contributed by atoms with Crippen LogP contribution >= 0.6 is 11.6 Å². The lowest BCUT2D eigenvalue weighted by Gasteiger charge is -2.19. The van der Waals surface area contributed by atoms with E-state index in [1.165, 1.54) is 6.07 Å². The van der Waals surface area contributed by atoms with Crippen LogP contribution in [0.2, 0.25) is 5.02 Å². The van der Waals surface area contributed by atoms with E-state index < -0.39 is 5.82 Å². The molecule has 2 N–H and O–H groups in total. The van der Waals surface area contributed by atoms with Crippen LogP contribution in [0.1, 0.15) is 18.2 Å². The van der Waals surface area contributed by atoms with Crippen molar-refractivity contribution < 1.29 is 13.6 Å². The Hall–Kier alpha value is -2.35. The zero-order valence-electron chi connectivity index (χ0n) is 13.1. The number of aromatic nitrogens is 2. The van der Waals surface area contributed by atoms with Gasteiger partial charge in [-0.05, 0) is 24.6 Å². The fraction of sp³-hybridized carbons (Fsp3) is 0.400. The lowest BCUT2D eigenvalue weighted by molar-refractivity contribution is 0.236. The molecule has 0 bridgehead atoms. The van der Waals surface area contributed by atoms with Crippen molar-refractivity contribution in [3.63, 3.8) is 0 Å². The summed E-state index contributed by atoms with van der Waals surface area (Å²) in [4.78, 5) is 14.0. The van der Waals surface area contributed by atoms with Gasteiger partial charge in [-0.1, -0.05) is 11.6 Å². The van der Waals surface area contributed by atoms with E-state index >= 15 is 0 Å². The summed E-state index contributed by atoms with van der Waals surface area (Å²) in [6, 6.07) is 4.32. The maximum absolute atomic E-state index is 13.2. The zero-order chi connectivity index (χ0) is 17.1. The van der Waals surface area contributed by atoms with Crippen LogP contribution in [0.5, 0.6) is 0 Å². The Bertz CT molecular complexity index is 738. The molecule has 1 saturated heterocycles. The Labute approximate surface area is 143 Å². The van der Waals surface area contributed by atoms with Crippen LogP contribution in [0, 0.1) is 12.7 Å². The molecule has 0 radical (unpaired) electrons. The molecule has 1 aliphatic heterocycles. The predicted octanol–water partition coefficient (Wildman–Crippen LogP) is 2.25. The van der Waals surface area contributed by atoms with E-state index in [1.807, 2.05) is 0 Å². The number of hydrogen-bond acceptors (Lipinski definition) is 5. The van der Waals surface area contributed by atoms with Gasteiger partial charge >= 0.3 is 6.03 Å². The van der Waals surface area contributed by atoms with Crippen molar-refractivity contribution in [2.75, 3.05) is 18.0 Å². The number of benzene rings is 1. The molecule has 2 aromatic rings. The average Bonchev–Trinajstić information content (AvgIpc) is 3.17. The van der Waals surface area contributed by atoms with Gasteiger partial charge in [0.1, 0.15) is 5.82 Å². The first-order chi connectivity index (χ1) is 11.5. The van der Waals surface area contributed by atoms with E-state index in [2.05, 4.69) is 25.7 Å². The van der Waals surface area contributed by atoms with Crippen LogP contribution < -0.4 is 15.5 Å². The number of amides is 2. The lowest BCUT2D eigenvalue weighted by atomic mass is 10.2. The van der Waals surface area contributed by atoms with Crippen LogP contribution in [-0.4, -0.2) is 35.4 Å². The fourth-order valence-corrected chi connectivity index (χ4v) is 2.77. The SMILES string of the molecule is Cc1nnc(CNC(=O)NC2CCN(c3ccc(F)c(Cl)c3)C2)o1. The van der Waals surface area contributed by atoms with Gasteiger partial charge in [0.25, 0.3) is 0 Å². The second kappa shape index (κ2) is 7.04. The smallest absolute Gasteiger partial charge is 0.315 e. The molecular weight excluding hydrogens is 337 g/mol. The van der Waals surface area contributed by atoms with Crippen LogP contribution in [-0.2, 0) is 6.54 Å². The van der Waals surface area contributed by atoms with Gasteiger partial charge < -0.3 is 20.0 Å². The first kappa shape index (κ1) is 16.5. The van der Waals surface area contributed by atoms with Crippen molar-refractivity contribution in [3.05, 3.63) is 40.8 Å².